The van der Waals surface area contributed by atoms with E-state index in [1.54, 1.807) is 0 Å². The van der Waals surface area contributed by atoms with E-state index in [9.17, 15) is 0 Å². The average Bonchev–Trinajstić information content (AvgIpc) is 2.40. The van der Waals surface area contributed by atoms with Crippen molar-refractivity contribution in [2.45, 2.75) is 13.8 Å². The Labute approximate surface area is 134 Å². The molecule has 0 bridgehead atoms. The van der Waals surface area contributed by atoms with E-state index in [1.165, 1.54) is 0 Å². The van der Waals surface area contributed by atoms with Gasteiger partial charge in [-0.15, -0.1) is 6.54 Å². The third kappa shape index (κ3) is 12.0. The van der Waals surface area contributed by atoms with E-state index in [0.29, 0.717) is 0 Å². The van der Waals surface area contributed by atoms with Crippen molar-refractivity contribution in [1.82, 2.24) is 20.0 Å². The minimum absolute atomic E-state index is 0. The van der Waals surface area contributed by atoms with Crippen molar-refractivity contribution < 1.29 is 20.4 Å². The van der Waals surface area contributed by atoms with Crippen molar-refractivity contribution in [3.8, 4) is 0 Å². The summed E-state index contributed by atoms with van der Waals surface area (Å²) >= 11 is 0. The molecule has 0 aromatic carbocycles. The summed E-state index contributed by atoms with van der Waals surface area (Å²) in [5, 5.41) is 3.18. The van der Waals surface area contributed by atoms with E-state index < -0.39 is 0 Å². The van der Waals surface area contributed by atoms with Crippen molar-refractivity contribution in [2.24, 2.45) is 0 Å². The van der Waals surface area contributed by atoms with Gasteiger partial charge in [-0.3, -0.25) is 4.90 Å². The molecule has 5 heteroatoms. The smallest absolute Gasteiger partial charge is 0.0439 e. The predicted octanol–water partition coefficient (Wildman–Crippen LogP) is 0.652. The number of nitrogens with one attached hydrogen (secondary N) is 1. The molecular formula is C14H31N4Re-. The quantitative estimate of drug-likeness (QED) is 0.355. The molecule has 0 atom stereocenters. The molecule has 115 valence electrons. The van der Waals surface area contributed by atoms with Crippen LogP contribution in [0.2, 0.25) is 0 Å². The first-order valence-corrected chi connectivity index (χ1v) is 7.06. The minimum Gasteiger partial charge on any atom is -0.332 e. The van der Waals surface area contributed by atoms with E-state index in [0.717, 1.165) is 58.9 Å². The van der Waals surface area contributed by atoms with Gasteiger partial charge in [0, 0.05) is 66.7 Å². The van der Waals surface area contributed by atoms with Gasteiger partial charge in [0.1, 0.15) is 0 Å². The number of nitrogens with zero attached hydrogens (tertiary/aromatic N) is 3. The molecule has 0 fully saturated rings. The van der Waals surface area contributed by atoms with Gasteiger partial charge in [0.2, 0.25) is 0 Å². The summed E-state index contributed by atoms with van der Waals surface area (Å²) in [5.74, 6) is 0. The molecule has 4 nitrogen and oxygen atoms in total. The topological polar surface area (TPSA) is 21.8 Å². The largest absolute Gasteiger partial charge is 0.332 e. The fourth-order valence-corrected chi connectivity index (χ4v) is 1.78. The van der Waals surface area contributed by atoms with Gasteiger partial charge in [-0.2, -0.15) is 0 Å². The standard InChI is InChI=1S/C14H31N4.Re/c1-6-17(7-2)13-11-16(5)12-14-18(8-3)10-9-15-4;/h5,15H,1,6-14H2,2-4H3;/q-1;. The Morgan fingerprint density at radius 2 is 1.47 bits per heavy atom. The summed E-state index contributed by atoms with van der Waals surface area (Å²) in [4.78, 5) is 6.62. The zero-order chi connectivity index (χ0) is 13.8. The van der Waals surface area contributed by atoms with Crippen LogP contribution >= 0.6 is 0 Å². The average molecular weight is 442 g/mol. The van der Waals surface area contributed by atoms with Crippen LogP contribution in [0.25, 0.3) is 0 Å². The van der Waals surface area contributed by atoms with Crippen molar-refractivity contribution in [3.63, 3.8) is 0 Å². The van der Waals surface area contributed by atoms with Crippen LogP contribution in [0.4, 0.5) is 0 Å². The Bertz CT molecular complexity index is 177. The van der Waals surface area contributed by atoms with Crippen LogP contribution in [0.3, 0.4) is 0 Å². The summed E-state index contributed by atoms with van der Waals surface area (Å²) in [7, 11) is 7.99. The zero-order valence-electron chi connectivity index (χ0n) is 12.9. The van der Waals surface area contributed by atoms with Crippen molar-refractivity contribution in [1.29, 1.82) is 0 Å². The van der Waals surface area contributed by atoms with E-state index in [4.69, 9.17) is 7.05 Å². The molecule has 0 aromatic heterocycles. The summed E-state index contributed by atoms with van der Waals surface area (Å²) in [5.41, 5.74) is 0. The predicted molar refractivity (Wildman–Crippen MR) is 79.4 cm³/mol. The van der Waals surface area contributed by atoms with Crippen LogP contribution in [0.1, 0.15) is 13.8 Å². The van der Waals surface area contributed by atoms with Crippen LogP contribution in [-0.4, -0.2) is 80.7 Å². The maximum Gasteiger partial charge on any atom is 0.0439 e. The first-order chi connectivity index (χ1) is 8.67. The molecule has 0 rings (SSSR count). The Morgan fingerprint density at radius 3 is 1.89 bits per heavy atom. The molecule has 0 aromatic rings. The monoisotopic (exact) mass is 442 g/mol. The number of hydrogen-bond donors (Lipinski definition) is 1. The maximum atomic E-state index is 6.01. The number of hydrogen-bond acceptors (Lipinski definition) is 4. The van der Waals surface area contributed by atoms with Gasteiger partial charge in [-0.1, -0.05) is 13.8 Å². The molecular weight excluding hydrogens is 410 g/mol. The molecule has 0 heterocycles. The number of likely N-dealkylation sites (N-methyl/N-ethyl adjacent to an activating group) is 3. The van der Waals surface area contributed by atoms with Gasteiger partial charge in [0.15, 0.2) is 0 Å². The molecule has 19 heavy (non-hydrogen) atoms. The first-order valence-electron chi connectivity index (χ1n) is 7.06. The molecule has 1 N–H and O–H groups in total. The van der Waals surface area contributed by atoms with Gasteiger partial charge in [0.05, 0.1) is 0 Å². The second-order valence-corrected chi connectivity index (χ2v) is 4.51. The Hall–Kier alpha value is 0.502. The van der Waals surface area contributed by atoms with E-state index in [-0.39, 0.29) is 20.4 Å². The van der Waals surface area contributed by atoms with Crippen LogP contribution in [0, 0.1) is 14.0 Å². The maximum absolute atomic E-state index is 6.01. The molecule has 0 saturated carbocycles. The van der Waals surface area contributed by atoms with E-state index >= 15 is 0 Å². The normalized spacial score (nSPS) is 11.4. The fraction of sp³-hybridized carbons (Fsp3) is 0.857. The third-order valence-electron chi connectivity index (χ3n) is 3.30. The molecule has 0 aliphatic carbocycles. The van der Waals surface area contributed by atoms with Gasteiger partial charge in [0.25, 0.3) is 0 Å². The Balaban J connectivity index is 0. The van der Waals surface area contributed by atoms with Crippen molar-refractivity contribution >= 4 is 0 Å². The van der Waals surface area contributed by atoms with Gasteiger partial charge in [-0.25, -0.2) is 0 Å². The van der Waals surface area contributed by atoms with Crippen LogP contribution in [0.5, 0.6) is 0 Å². The molecule has 0 unspecified atom stereocenters. The van der Waals surface area contributed by atoms with E-state index in [1.807, 2.05) is 11.9 Å². The molecule has 0 spiro atoms. The molecule has 0 amide bonds. The molecule has 0 saturated heterocycles. The van der Waals surface area contributed by atoms with Gasteiger partial charge in [-0.05, 0) is 20.1 Å². The van der Waals surface area contributed by atoms with Crippen molar-refractivity contribution in [2.75, 3.05) is 66.0 Å². The number of rotatable bonds is 12. The van der Waals surface area contributed by atoms with Crippen LogP contribution < -0.4 is 5.32 Å². The summed E-state index contributed by atoms with van der Waals surface area (Å²) < 4.78 is 0. The Morgan fingerprint density at radius 1 is 0.947 bits per heavy atom. The fourth-order valence-electron chi connectivity index (χ4n) is 1.78. The van der Waals surface area contributed by atoms with E-state index in [2.05, 4.69) is 35.9 Å². The summed E-state index contributed by atoms with van der Waals surface area (Å²) in [6.07, 6.45) is 0. The van der Waals surface area contributed by atoms with Crippen LogP contribution in [-0.2, 0) is 20.4 Å². The first kappa shape index (κ1) is 21.8. The minimum atomic E-state index is 0. The van der Waals surface area contributed by atoms with Gasteiger partial charge >= 0.3 is 0 Å². The second kappa shape index (κ2) is 14.9. The van der Waals surface area contributed by atoms with Crippen molar-refractivity contribution in [3.05, 3.63) is 14.0 Å². The third-order valence-corrected chi connectivity index (χ3v) is 3.30. The van der Waals surface area contributed by atoms with Crippen LogP contribution in [0.15, 0.2) is 0 Å². The molecule has 0 aliphatic rings. The van der Waals surface area contributed by atoms with Gasteiger partial charge < -0.3 is 22.0 Å². The zero-order valence-corrected chi connectivity index (χ0v) is 15.6. The second-order valence-electron chi connectivity index (χ2n) is 4.51. The summed E-state index contributed by atoms with van der Waals surface area (Å²) in [6.45, 7) is 17.2. The Kier molecular flexibility index (Phi) is 17.1. The summed E-state index contributed by atoms with van der Waals surface area (Å²) in [6, 6.07) is 0. The SMILES string of the molecule is [CH]N(CCN(C[CH2-])CC)CCN(CC)CCNC.[Re]. The molecule has 3 radical (unpaired) electrons. The molecule has 0 aliphatic heterocycles.